The molecular weight excluding hydrogens is 264 g/mol. The summed E-state index contributed by atoms with van der Waals surface area (Å²) in [5.74, 6) is 0. The van der Waals surface area contributed by atoms with Crippen LogP contribution in [0.15, 0.2) is 30.6 Å². The average molecular weight is 286 g/mol. The van der Waals surface area contributed by atoms with Crippen molar-refractivity contribution in [3.8, 4) is 11.1 Å². The zero-order chi connectivity index (χ0) is 14.8. The molecule has 0 unspecified atom stereocenters. The van der Waals surface area contributed by atoms with E-state index in [0.717, 1.165) is 37.4 Å². The molecule has 1 aliphatic heterocycles. The van der Waals surface area contributed by atoms with E-state index in [0.29, 0.717) is 0 Å². The second-order valence-corrected chi connectivity index (χ2v) is 5.60. The second kappa shape index (κ2) is 5.87. The van der Waals surface area contributed by atoms with Crippen molar-refractivity contribution in [1.29, 1.82) is 0 Å². The van der Waals surface area contributed by atoms with Crippen LogP contribution in [0.25, 0.3) is 11.1 Å². The molecule has 1 atom stereocenters. The van der Waals surface area contributed by atoms with Gasteiger partial charge in [-0.15, -0.1) is 0 Å². The predicted octanol–water partition coefficient (Wildman–Crippen LogP) is 1.94. The SMILES string of the molecule is C[C@@H](N)c1cc(-c2cnn(C)c2)cc(N2CCOCC2)c1. The first-order valence-electron chi connectivity index (χ1n) is 7.36. The monoisotopic (exact) mass is 286 g/mol. The van der Waals surface area contributed by atoms with Crippen molar-refractivity contribution >= 4 is 5.69 Å². The summed E-state index contributed by atoms with van der Waals surface area (Å²) in [6.07, 6.45) is 3.92. The Balaban J connectivity index is 2.01. The van der Waals surface area contributed by atoms with Crippen molar-refractivity contribution in [2.45, 2.75) is 13.0 Å². The highest BCUT2D eigenvalue weighted by atomic mass is 16.5. The van der Waals surface area contributed by atoms with Gasteiger partial charge in [-0.1, -0.05) is 0 Å². The van der Waals surface area contributed by atoms with Crippen molar-refractivity contribution in [2.24, 2.45) is 12.8 Å². The normalized spacial score (nSPS) is 17.0. The number of anilines is 1. The lowest BCUT2D eigenvalue weighted by Gasteiger charge is -2.30. The molecule has 112 valence electrons. The lowest BCUT2D eigenvalue weighted by Crippen LogP contribution is -2.36. The molecule has 5 heteroatoms. The number of nitrogens with two attached hydrogens (primary N) is 1. The van der Waals surface area contributed by atoms with Gasteiger partial charge in [0.2, 0.25) is 0 Å². The zero-order valence-electron chi connectivity index (χ0n) is 12.6. The Morgan fingerprint density at radius 1 is 1.19 bits per heavy atom. The van der Waals surface area contributed by atoms with Crippen LogP contribution in [0.2, 0.25) is 0 Å². The van der Waals surface area contributed by atoms with Crippen LogP contribution in [-0.4, -0.2) is 36.1 Å². The summed E-state index contributed by atoms with van der Waals surface area (Å²) in [6.45, 7) is 5.44. The van der Waals surface area contributed by atoms with Gasteiger partial charge in [0.1, 0.15) is 0 Å². The van der Waals surface area contributed by atoms with Crippen LogP contribution in [0.5, 0.6) is 0 Å². The van der Waals surface area contributed by atoms with E-state index in [9.17, 15) is 0 Å². The van der Waals surface area contributed by atoms with E-state index in [-0.39, 0.29) is 6.04 Å². The number of hydrogen-bond donors (Lipinski definition) is 1. The summed E-state index contributed by atoms with van der Waals surface area (Å²) in [7, 11) is 1.93. The Labute approximate surface area is 125 Å². The van der Waals surface area contributed by atoms with Crippen LogP contribution in [0.4, 0.5) is 5.69 Å². The molecule has 1 aromatic heterocycles. The topological polar surface area (TPSA) is 56.3 Å². The van der Waals surface area contributed by atoms with Gasteiger partial charge in [-0.25, -0.2) is 0 Å². The second-order valence-electron chi connectivity index (χ2n) is 5.60. The van der Waals surface area contributed by atoms with Gasteiger partial charge >= 0.3 is 0 Å². The molecule has 1 aliphatic rings. The van der Waals surface area contributed by atoms with Gasteiger partial charge < -0.3 is 15.4 Å². The largest absolute Gasteiger partial charge is 0.378 e. The fourth-order valence-electron chi connectivity index (χ4n) is 2.64. The lowest BCUT2D eigenvalue weighted by molar-refractivity contribution is 0.122. The first-order valence-corrected chi connectivity index (χ1v) is 7.36. The number of hydrogen-bond acceptors (Lipinski definition) is 4. The molecule has 0 saturated carbocycles. The van der Waals surface area contributed by atoms with Gasteiger partial charge in [0.25, 0.3) is 0 Å². The highest BCUT2D eigenvalue weighted by molar-refractivity contribution is 5.69. The molecule has 2 aromatic rings. The fourth-order valence-corrected chi connectivity index (χ4v) is 2.64. The van der Waals surface area contributed by atoms with Crippen molar-refractivity contribution in [1.82, 2.24) is 9.78 Å². The minimum absolute atomic E-state index is 0.0152. The maximum absolute atomic E-state index is 6.10. The highest BCUT2D eigenvalue weighted by Crippen LogP contribution is 2.29. The number of morpholine rings is 1. The fraction of sp³-hybridized carbons (Fsp3) is 0.438. The summed E-state index contributed by atoms with van der Waals surface area (Å²) in [6, 6.07) is 6.58. The lowest BCUT2D eigenvalue weighted by atomic mass is 10.0. The molecule has 0 radical (unpaired) electrons. The van der Waals surface area contributed by atoms with Crippen molar-refractivity contribution < 1.29 is 4.74 Å². The third-order valence-corrected chi connectivity index (χ3v) is 3.88. The first-order chi connectivity index (χ1) is 10.1. The molecule has 0 spiro atoms. The van der Waals surface area contributed by atoms with E-state index in [1.54, 1.807) is 0 Å². The standard InChI is InChI=1S/C16H22N4O/c1-12(17)13-7-14(15-10-18-19(2)11-15)9-16(8-13)20-3-5-21-6-4-20/h7-12H,3-6,17H2,1-2H3/t12-/m1/s1. The number of nitrogens with zero attached hydrogens (tertiary/aromatic N) is 3. The maximum Gasteiger partial charge on any atom is 0.0642 e. The zero-order valence-corrected chi connectivity index (χ0v) is 12.6. The third-order valence-electron chi connectivity index (χ3n) is 3.88. The molecule has 1 aromatic carbocycles. The van der Waals surface area contributed by atoms with E-state index >= 15 is 0 Å². The van der Waals surface area contributed by atoms with Gasteiger partial charge in [-0.05, 0) is 36.2 Å². The van der Waals surface area contributed by atoms with E-state index in [1.165, 1.54) is 11.3 Å². The summed E-state index contributed by atoms with van der Waals surface area (Å²) in [5, 5.41) is 4.26. The van der Waals surface area contributed by atoms with Crippen LogP contribution in [-0.2, 0) is 11.8 Å². The molecule has 0 bridgehead atoms. The van der Waals surface area contributed by atoms with Crippen molar-refractivity contribution in [2.75, 3.05) is 31.2 Å². The molecule has 1 saturated heterocycles. The maximum atomic E-state index is 6.10. The molecule has 2 heterocycles. The summed E-state index contributed by atoms with van der Waals surface area (Å²) in [5.41, 5.74) is 10.8. The molecule has 5 nitrogen and oxygen atoms in total. The molecular formula is C16H22N4O. The summed E-state index contributed by atoms with van der Waals surface area (Å²) in [4.78, 5) is 2.36. The third kappa shape index (κ3) is 3.09. The molecule has 3 rings (SSSR count). The van der Waals surface area contributed by atoms with Gasteiger partial charge in [-0.2, -0.15) is 5.10 Å². The average Bonchev–Trinajstić information content (AvgIpc) is 2.94. The highest BCUT2D eigenvalue weighted by Gasteiger charge is 2.15. The molecule has 21 heavy (non-hydrogen) atoms. The van der Waals surface area contributed by atoms with Crippen LogP contribution in [0.3, 0.4) is 0 Å². The van der Waals surface area contributed by atoms with Crippen LogP contribution < -0.4 is 10.6 Å². The Hall–Kier alpha value is -1.85. The van der Waals surface area contributed by atoms with Gasteiger partial charge in [-0.3, -0.25) is 4.68 Å². The van der Waals surface area contributed by atoms with Crippen LogP contribution >= 0.6 is 0 Å². The Kier molecular flexibility index (Phi) is 3.94. The molecule has 0 aliphatic carbocycles. The van der Waals surface area contributed by atoms with E-state index in [2.05, 4.69) is 28.2 Å². The smallest absolute Gasteiger partial charge is 0.0642 e. The van der Waals surface area contributed by atoms with Gasteiger partial charge in [0.15, 0.2) is 0 Å². The number of benzene rings is 1. The van der Waals surface area contributed by atoms with Gasteiger partial charge in [0.05, 0.1) is 19.4 Å². The first kappa shape index (κ1) is 14.1. The quantitative estimate of drug-likeness (QED) is 0.937. The number of aromatic nitrogens is 2. The van der Waals surface area contributed by atoms with E-state index < -0.39 is 0 Å². The Morgan fingerprint density at radius 2 is 1.95 bits per heavy atom. The summed E-state index contributed by atoms with van der Waals surface area (Å²) < 4.78 is 7.26. The predicted molar refractivity (Wildman–Crippen MR) is 84.3 cm³/mol. The van der Waals surface area contributed by atoms with E-state index in [4.69, 9.17) is 10.5 Å². The number of ether oxygens (including phenoxy) is 1. The van der Waals surface area contributed by atoms with Crippen LogP contribution in [0.1, 0.15) is 18.5 Å². The number of aryl methyl sites for hydroxylation is 1. The Bertz CT molecular complexity index is 614. The van der Waals surface area contributed by atoms with Crippen molar-refractivity contribution in [3.05, 3.63) is 36.2 Å². The minimum Gasteiger partial charge on any atom is -0.378 e. The van der Waals surface area contributed by atoms with Gasteiger partial charge in [0, 0.05) is 43.6 Å². The van der Waals surface area contributed by atoms with Crippen molar-refractivity contribution in [3.63, 3.8) is 0 Å². The molecule has 0 amide bonds. The molecule has 2 N–H and O–H groups in total. The Morgan fingerprint density at radius 3 is 2.57 bits per heavy atom. The number of rotatable bonds is 3. The van der Waals surface area contributed by atoms with E-state index in [1.807, 2.05) is 31.0 Å². The van der Waals surface area contributed by atoms with Crippen LogP contribution in [0, 0.1) is 0 Å². The molecule has 1 fully saturated rings. The summed E-state index contributed by atoms with van der Waals surface area (Å²) >= 11 is 0. The minimum atomic E-state index is 0.0152.